The molecular weight excluding hydrogens is 446 g/mol. The summed E-state index contributed by atoms with van der Waals surface area (Å²) in [6.07, 6.45) is 6.80. The number of nitrogens with zero attached hydrogens (tertiary/aromatic N) is 2. The van der Waals surface area contributed by atoms with Gasteiger partial charge in [0.15, 0.2) is 0 Å². The van der Waals surface area contributed by atoms with E-state index in [0.717, 1.165) is 60.5 Å². The molecule has 0 saturated carbocycles. The second-order valence-electron chi connectivity index (χ2n) is 8.07. The lowest BCUT2D eigenvalue weighted by Crippen LogP contribution is -2.17. The Balaban J connectivity index is 1.42. The lowest BCUT2D eigenvalue weighted by atomic mass is 10.1. The molecule has 35 heavy (non-hydrogen) atoms. The predicted molar refractivity (Wildman–Crippen MR) is 135 cm³/mol. The van der Waals surface area contributed by atoms with Crippen molar-refractivity contribution < 1.29 is 19.5 Å². The first-order valence-electron chi connectivity index (χ1n) is 11.7. The molecule has 4 N–H and O–H groups in total. The Kier molecular flexibility index (Phi) is 10.0. The van der Waals surface area contributed by atoms with E-state index in [1.807, 2.05) is 54.6 Å². The normalized spacial score (nSPS) is 10.5. The largest absolute Gasteiger partial charge is 0.494 e. The van der Waals surface area contributed by atoms with Crippen LogP contribution in [0.2, 0.25) is 0 Å². The number of carbonyl (C=O) groups is 2. The standard InChI is InChI=1S/C26H31N5O4/c1-19(32)28-21-10-8-20(9-11-21)24-16-17-27-26(30-24)29-22-12-14-23(15-13-22)35-18-6-4-2-3-5-7-25(33)31-34/h8-17,34H,2-7,18H2,1H3,(H,28,32)(H,31,33)(H,27,29,30). The topological polar surface area (TPSA) is 125 Å². The van der Waals surface area contributed by atoms with Crippen LogP contribution in [0.5, 0.6) is 5.75 Å². The summed E-state index contributed by atoms with van der Waals surface area (Å²) in [4.78, 5) is 31.0. The summed E-state index contributed by atoms with van der Waals surface area (Å²) in [5.74, 6) is 0.837. The average molecular weight is 478 g/mol. The minimum atomic E-state index is -0.333. The highest BCUT2D eigenvalue weighted by Crippen LogP contribution is 2.23. The van der Waals surface area contributed by atoms with Crippen molar-refractivity contribution in [2.45, 2.75) is 45.4 Å². The number of hydroxylamine groups is 1. The van der Waals surface area contributed by atoms with E-state index in [9.17, 15) is 9.59 Å². The molecule has 2 aromatic carbocycles. The molecule has 0 aliphatic rings. The SMILES string of the molecule is CC(=O)Nc1ccc(-c2ccnc(Nc3ccc(OCCCCCCCC(=O)NO)cc3)n2)cc1. The van der Waals surface area contributed by atoms with Gasteiger partial charge in [0.1, 0.15) is 5.75 Å². The molecule has 0 aliphatic carbocycles. The van der Waals surface area contributed by atoms with Crippen LogP contribution in [0.4, 0.5) is 17.3 Å². The van der Waals surface area contributed by atoms with Crippen LogP contribution in [0, 0.1) is 0 Å². The average Bonchev–Trinajstić information content (AvgIpc) is 2.86. The molecule has 2 amide bonds. The smallest absolute Gasteiger partial charge is 0.243 e. The van der Waals surface area contributed by atoms with E-state index in [4.69, 9.17) is 9.94 Å². The summed E-state index contributed by atoms with van der Waals surface area (Å²) in [6, 6.07) is 17.0. The van der Waals surface area contributed by atoms with Crippen molar-refractivity contribution in [3.05, 3.63) is 60.8 Å². The molecule has 0 atom stereocenters. The van der Waals surface area contributed by atoms with Crippen molar-refractivity contribution in [2.24, 2.45) is 0 Å². The Morgan fingerprint density at radius 1 is 0.886 bits per heavy atom. The molecule has 3 aromatic rings. The van der Waals surface area contributed by atoms with Gasteiger partial charge < -0.3 is 15.4 Å². The summed E-state index contributed by atoms with van der Waals surface area (Å²) in [7, 11) is 0. The minimum absolute atomic E-state index is 0.110. The summed E-state index contributed by atoms with van der Waals surface area (Å²) in [5.41, 5.74) is 4.92. The van der Waals surface area contributed by atoms with Gasteiger partial charge in [-0.3, -0.25) is 14.8 Å². The van der Waals surface area contributed by atoms with Crippen molar-refractivity contribution in [2.75, 3.05) is 17.2 Å². The Morgan fingerprint density at radius 3 is 2.29 bits per heavy atom. The maximum absolute atomic E-state index is 11.2. The van der Waals surface area contributed by atoms with E-state index in [-0.39, 0.29) is 11.8 Å². The van der Waals surface area contributed by atoms with E-state index in [2.05, 4.69) is 20.6 Å². The van der Waals surface area contributed by atoms with Gasteiger partial charge in [-0.25, -0.2) is 15.4 Å². The van der Waals surface area contributed by atoms with Crippen LogP contribution in [0.1, 0.15) is 45.4 Å². The molecule has 0 spiro atoms. The van der Waals surface area contributed by atoms with Crippen LogP contribution in [0.3, 0.4) is 0 Å². The molecule has 0 radical (unpaired) electrons. The van der Waals surface area contributed by atoms with Gasteiger partial charge in [0.25, 0.3) is 0 Å². The number of carbonyl (C=O) groups excluding carboxylic acids is 2. The molecule has 0 saturated heterocycles. The fraction of sp³-hybridized carbons (Fsp3) is 0.308. The number of benzene rings is 2. The quantitative estimate of drug-likeness (QED) is 0.154. The number of hydrogen-bond acceptors (Lipinski definition) is 7. The lowest BCUT2D eigenvalue weighted by molar-refractivity contribution is -0.129. The molecule has 3 rings (SSSR count). The van der Waals surface area contributed by atoms with Gasteiger partial charge >= 0.3 is 0 Å². The van der Waals surface area contributed by atoms with Gasteiger partial charge in [-0.15, -0.1) is 0 Å². The van der Waals surface area contributed by atoms with Crippen molar-refractivity contribution in [3.8, 4) is 17.0 Å². The second-order valence-corrected chi connectivity index (χ2v) is 8.07. The first-order chi connectivity index (χ1) is 17.0. The fourth-order valence-corrected chi connectivity index (χ4v) is 3.43. The van der Waals surface area contributed by atoms with Crippen molar-refractivity contribution in [1.82, 2.24) is 15.4 Å². The molecule has 9 heteroatoms. The van der Waals surface area contributed by atoms with E-state index in [1.165, 1.54) is 6.92 Å². The molecule has 1 aromatic heterocycles. The van der Waals surface area contributed by atoms with Crippen molar-refractivity contribution >= 4 is 29.1 Å². The zero-order valence-corrected chi connectivity index (χ0v) is 19.8. The van der Waals surface area contributed by atoms with E-state index < -0.39 is 0 Å². The number of hydrogen-bond donors (Lipinski definition) is 4. The van der Waals surface area contributed by atoms with Crippen molar-refractivity contribution in [1.29, 1.82) is 0 Å². The van der Waals surface area contributed by atoms with E-state index >= 15 is 0 Å². The number of amides is 2. The highest BCUT2D eigenvalue weighted by Gasteiger charge is 2.05. The molecule has 0 aliphatic heterocycles. The molecule has 9 nitrogen and oxygen atoms in total. The molecule has 1 heterocycles. The van der Waals surface area contributed by atoms with Crippen LogP contribution in [0.15, 0.2) is 60.8 Å². The minimum Gasteiger partial charge on any atom is -0.494 e. The van der Waals surface area contributed by atoms with Crippen LogP contribution in [-0.2, 0) is 9.59 Å². The van der Waals surface area contributed by atoms with Gasteiger partial charge in [0, 0.05) is 36.5 Å². The number of anilines is 3. The number of nitrogens with one attached hydrogen (secondary N) is 3. The maximum atomic E-state index is 11.2. The third-order valence-electron chi connectivity index (χ3n) is 5.21. The number of ether oxygens (including phenoxy) is 1. The third-order valence-corrected chi connectivity index (χ3v) is 5.21. The zero-order chi connectivity index (χ0) is 24.9. The Labute approximate surface area is 204 Å². The van der Waals surface area contributed by atoms with Crippen LogP contribution in [-0.4, -0.2) is 33.6 Å². The van der Waals surface area contributed by atoms with Crippen LogP contribution >= 0.6 is 0 Å². The Hall–Kier alpha value is -3.98. The van der Waals surface area contributed by atoms with Gasteiger partial charge in [-0.2, -0.15) is 0 Å². The first-order valence-corrected chi connectivity index (χ1v) is 11.7. The molecule has 0 unspecified atom stereocenters. The van der Waals surface area contributed by atoms with Crippen molar-refractivity contribution in [3.63, 3.8) is 0 Å². The Bertz CT molecular complexity index is 1090. The first kappa shape index (κ1) is 25.6. The predicted octanol–water partition coefficient (Wildman–Crippen LogP) is 5.07. The van der Waals surface area contributed by atoms with Crippen LogP contribution in [0.25, 0.3) is 11.3 Å². The molecule has 0 fully saturated rings. The third kappa shape index (κ3) is 9.05. The molecule has 0 bridgehead atoms. The maximum Gasteiger partial charge on any atom is 0.243 e. The summed E-state index contributed by atoms with van der Waals surface area (Å²) < 4.78 is 5.80. The van der Waals surface area contributed by atoms with Gasteiger partial charge in [0.05, 0.1) is 12.3 Å². The number of unbranched alkanes of at least 4 members (excludes halogenated alkanes) is 4. The van der Waals surface area contributed by atoms with E-state index in [1.54, 1.807) is 11.7 Å². The Morgan fingerprint density at radius 2 is 1.57 bits per heavy atom. The number of rotatable bonds is 13. The van der Waals surface area contributed by atoms with E-state index in [0.29, 0.717) is 19.0 Å². The summed E-state index contributed by atoms with van der Waals surface area (Å²) in [6.45, 7) is 2.11. The monoisotopic (exact) mass is 477 g/mol. The highest BCUT2D eigenvalue weighted by molar-refractivity contribution is 5.88. The fourth-order valence-electron chi connectivity index (χ4n) is 3.43. The van der Waals surface area contributed by atoms with Gasteiger partial charge in [-0.1, -0.05) is 31.4 Å². The highest BCUT2D eigenvalue weighted by atomic mass is 16.5. The summed E-state index contributed by atoms with van der Waals surface area (Å²) in [5, 5.41) is 14.4. The van der Waals surface area contributed by atoms with Gasteiger partial charge in [0.2, 0.25) is 17.8 Å². The zero-order valence-electron chi connectivity index (χ0n) is 19.8. The number of aromatic nitrogens is 2. The van der Waals surface area contributed by atoms with Gasteiger partial charge in [-0.05, 0) is 55.3 Å². The van der Waals surface area contributed by atoms with Crippen LogP contribution < -0.4 is 20.9 Å². The second kappa shape index (κ2) is 13.7. The molecular formula is C26H31N5O4. The lowest BCUT2D eigenvalue weighted by Gasteiger charge is -2.09. The summed E-state index contributed by atoms with van der Waals surface area (Å²) >= 11 is 0. The molecule has 184 valence electrons.